The highest BCUT2D eigenvalue weighted by atomic mass is 16.5. The number of benzene rings is 2. The lowest BCUT2D eigenvalue weighted by Gasteiger charge is -2.15. The minimum absolute atomic E-state index is 0.165. The smallest absolute Gasteiger partial charge is 0.232 e. The van der Waals surface area contributed by atoms with Gasteiger partial charge in [-0.15, -0.1) is 0 Å². The quantitative estimate of drug-likeness (QED) is 0.729. The Morgan fingerprint density at radius 3 is 2.65 bits per heavy atom. The van der Waals surface area contributed by atoms with E-state index in [1.54, 1.807) is 0 Å². The number of nitrogens with one attached hydrogen (secondary N) is 1. The molecular weight excluding hydrogens is 326 g/mol. The summed E-state index contributed by atoms with van der Waals surface area (Å²) in [7, 11) is 0. The van der Waals surface area contributed by atoms with Gasteiger partial charge in [-0.05, 0) is 61.6 Å². The number of nitrogen functional groups attached to an aromatic ring is 1. The largest absolute Gasteiger partial charge is 0.483 e. The Labute approximate surface area is 152 Å². The number of ether oxygens (including phenoxy) is 1. The monoisotopic (exact) mass is 347 g/mol. The van der Waals surface area contributed by atoms with Crippen molar-refractivity contribution < 1.29 is 4.74 Å². The molecule has 2 aromatic carbocycles. The fraction of sp³-hybridized carbons (Fsp3) is 0.250. The van der Waals surface area contributed by atoms with Crippen LogP contribution in [0.1, 0.15) is 36.4 Å². The maximum atomic E-state index is 6.05. The molecule has 6 heteroatoms. The van der Waals surface area contributed by atoms with Gasteiger partial charge in [-0.3, -0.25) is 0 Å². The summed E-state index contributed by atoms with van der Waals surface area (Å²) in [6.07, 6.45) is 3.15. The second-order valence-electron chi connectivity index (χ2n) is 6.41. The molecule has 1 aliphatic rings. The summed E-state index contributed by atoms with van der Waals surface area (Å²) < 4.78 is 6.05. The molecular formula is C20H21N5O. The number of rotatable bonds is 5. The van der Waals surface area contributed by atoms with Crippen molar-refractivity contribution in [1.29, 1.82) is 0 Å². The van der Waals surface area contributed by atoms with Crippen molar-refractivity contribution in [3.63, 3.8) is 0 Å². The minimum Gasteiger partial charge on any atom is -0.483 e. The van der Waals surface area contributed by atoms with Crippen molar-refractivity contribution >= 4 is 17.6 Å². The van der Waals surface area contributed by atoms with Gasteiger partial charge in [-0.1, -0.05) is 24.3 Å². The third kappa shape index (κ3) is 3.59. The van der Waals surface area contributed by atoms with Gasteiger partial charge in [0.15, 0.2) is 11.9 Å². The summed E-state index contributed by atoms with van der Waals surface area (Å²) in [5, 5.41) is 3.14. The fourth-order valence-corrected chi connectivity index (χ4v) is 3.18. The van der Waals surface area contributed by atoms with Crippen LogP contribution in [0.2, 0.25) is 0 Å². The molecule has 1 heterocycles. The van der Waals surface area contributed by atoms with Gasteiger partial charge in [0.1, 0.15) is 5.75 Å². The number of hydrogen-bond donors (Lipinski definition) is 2. The number of para-hydroxylation sites is 1. The van der Waals surface area contributed by atoms with Crippen molar-refractivity contribution in [3.05, 3.63) is 65.5 Å². The second kappa shape index (κ2) is 7.00. The standard InChI is InChI=1S/C20H21N5O/c1-13(26-17-11-10-14-6-5-7-15(14)12-17)18-23-19(21)25-20(24-18)22-16-8-3-2-4-9-16/h2-4,8-13H,5-7H2,1H3,(H3,21,22,23,24,25). The van der Waals surface area contributed by atoms with E-state index < -0.39 is 0 Å². The first kappa shape index (κ1) is 16.3. The zero-order valence-electron chi connectivity index (χ0n) is 14.6. The maximum Gasteiger partial charge on any atom is 0.232 e. The van der Waals surface area contributed by atoms with Crippen molar-refractivity contribution in [3.8, 4) is 5.75 Å². The average molecular weight is 347 g/mol. The Hall–Kier alpha value is -3.15. The van der Waals surface area contributed by atoms with E-state index in [1.807, 2.05) is 43.3 Å². The zero-order chi connectivity index (χ0) is 17.9. The van der Waals surface area contributed by atoms with E-state index in [9.17, 15) is 0 Å². The molecule has 0 fully saturated rings. The summed E-state index contributed by atoms with van der Waals surface area (Å²) in [6, 6.07) is 16.0. The molecule has 1 unspecified atom stereocenters. The molecule has 4 rings (SSSR count). The molecule has 132 valence electrons. The first-order valence-electron chi connectivity index (χ1n) is 8.79. The van der Waals surface area contributed by atoms with Gasteiger partial charge < -0.3 is 15.8 Å². The van der Waals surface area contributed by atoms with E-state index in [0.717, 1.165) is 24.3 Å². The molecule has 0 spiro atoms. The van der Waals surface area contributed by atoms with E-state index >= 15 is 0 Å². The summed E-state index contributed by atoms with van der Waals surface area (Å²) in [5.41, 5.74) is 9.54. The van der Waals surface area contributed by atoms with Gasteiger partial charge >= 0.3 is 0 Å². The average Bonchev–Trinajstić information content (AvgIpc) is 3.10. The van der Waals surface area contributed by atoms with Gasteiger partial charge in [0.2, 0.25) is 11.9 Å². The van der Waals surface area contributed by atoms with Crippen molar-refractivity contribution in [2.75, 3.05) is 11.1 Å². The first-order chi connectivity index (χ1) is 12.7. The number of aromatic nitrogens is 3. The minimum atomic E-state index is -0.337. The molecule has 26 heavy (non-hydrogen) atoms. The highest BCUT2D eigenvalue weighted by Crippen LogP contribution is 2.28. The van der Waals surface area contributed by atoms with Crippen LogP contribution in [-0.2, 0) is 12.8 Å². The van der Waals surface area contributed by atoms with Gasteiger partial charge in [0.25, 0.3) is 0 Å². The van der Waals surface area contributed by atoms with Crippen LogP contribution in [0.25, 0.3) is 0 Å². The lowest BCUT2D eigenvalue weighted by atomic mass is 10.1. The molecule has 0 amide bonds. The van der Waals surface area contributed by atoms with E-state index in [1.165, 1.54) is 17.5 Å². The third-order valence-corrected chi connectivity index (χ3v) is 4.45. The molecule has 0 aliphatic heterocycles. The van der Waals surface area contributed by atoms with Crippen LogP contribution >= 0.6 is 0 Å². The summed E-state index contributed by atoms with van der Waals surface area (Å²) in [5.74, 6) is 1.90. The Bertz CT molecular complexity index is 913. The third-order valence-electron chi connectivity index (χ3n) is 4.45. The van der Waals surface area contributed by atoms with Crippen molar-refractivity contribution in [2.24, 2.45) is 0 Å². The van der Waals surface area contributed by atoms with Crippen LogP contribution < -0.4 is 15.8 Å². The maximum absolute atomic E-state index is 6.05. The number of hydrogen-bond acceptors (Lipinski definition) is 6. The van der Waals surface area contributed by atoms with Crippen molar-refractivity contribution in [2.45, 2.75) is 32.3 Å². The summed E-state index contributed by atoms with van der Waals surface area (Å²) in [4.78, 5) is 12.8. The Morgan fingerprint density at radius 2 is 1.81 bits per heavy atom. The molecule has 0 saturated heterocycles. The van der Waals surface area contributed by atoms with E-state index in [0.29, 0.717) is 11.8 Å². The molecule has 6 nitrogen and oxygen atoms in total. The lowest BCUT2D eigenvalue weighted by Crippen LogP contribution is -2.13. The number of anilines is 3. The lowest BCUT2D eigenvalue weighted by molar-refractivity contribution is 0.216. The molecule has 1 atom stereocenters. The highest BCUT2D eigenvalue weighted by Gasteiger charge is 2.16. The van der Waals surface area contributed by atoms with Gasteiger partial charge in [0, 0.05) is 5.69 Å². The van der Waals surface area contributed by atoms with Gasteiger partial charge in [-0.25, -0.2) is 0 Å². The predicted octanol–water partition coefficient (Wildman–Crippen LogP) is 3.83. The highest BCUT2D eigenvalue weighted by molar-refractivity contribution is 5.53. The fourth-order valence-electron chi connectivity index (χ4n) is 3.18. The summed E-state index contributed by atoms with van der Waals surface area (Å²) in [6.45, 7) is 1.91. The number of aryl methyl sites for hydroxylation is 2. The Morgan fingerprint density at radius 1 is 1.00 bits per heavy atom. The SMILES string of the molecule is CC(Oc1ccc2c(c1)CCC2)c1nc(N)nc(Nc2ccccc2)n1. The van der Waals surface area contributed by atoms with Crippen LogP contribution in [0.15, 0.2) is 48.5 Å². The first-order valence-corrected chi connectivity index (χ1v) is 8.79. The number of fused-ring (bicyclic) bond motifs is 1. The summed E-state index contributed by atoms with van der Waals surface area (Å²) >= 11 is 0. The van der Waals surface area contributed by atoms with Gasteiger partial charge in [0.05, 0.1) is 0 Å². The van der Waals surface area contributed by atoms with Crippen LogP contribution in [0.4, 0.5) is 17.6 Å². The molecule has 0 radical (unpaired) electrons. The molecule has 1 aliphatic carbocycles. The zero-order valence-corrected chi connectivity index (χ0v) is 14.6. The molecule has 3 aromatic rings. The molecule has 0 saturated carbocycles. The molecule has 1 aromatic heterocycles. The second-order valence-corrected chi connectivity index (χ2v) is 6.41. The number of nitrogens with two attached hydrogens (primary N) is 1. The van der Waals surface area contributed by atoms with Crippen LogP contribution in [-0.4, -0.2) is 15.0 Å². The molecule has 0 bridgehead atoms. The van der Waals surface area contributed by atoms with E-state index in [2.05, 4.69) is 32.4 Å². The van der Waals surface area contributed by atoms with Crippen LogP contribution in [0, 0.1) is 0 Å². The van der Waals surface area contributed by atoms with Crippen molar-refractivity contribution in [1.82, 2.24) is 15.0 Å². The van der Waals surface area contributed by atoms with E-state index in [-0.39, 0.29) is 12.1 Å². The van der Waals surface area contributed by atoms with Crippen LogP contribution in [0.5, 0.6) is 5.75 Å². The molecule has 3 N–H and O–H groups in total. The topological polar surface area (TPSA) is 86.0 Å². The Kier molecular flexibility index (Phi) is 4.39. The van der Waals surface area contributed by atoms with E-state index in [4.69, 9.17) is 10.5 Å². The number of nitrogens with zero attached hydrogens (tertiary/aromatic N) is 3. The predicted molar refractivity (Wildman–Crippen MR) is 101 cm³/mol. The van der Waals surface area contributed by atoms with Crippen LogP contribution in [0.3, 0.4) is 0 Å². The normalized spacial score (nSPS) is 13.9. The van der Waals surface area contributed by atoms with Gasteiger partial charge in [-0.2, -0.15) is 15.0 Å². The Balaban J connectivity index is 1.53.